The predicted octanol–water partition coefficient (Wildman–Crippen LogP) is -0.505. The summed E-state index contributed by atoms with van der Waals surface area (Å²) in [6.07, 6.45) is -0.617. The maximum Gasteiger partial charge on any atom is 0.0972 e. The molecule has 0 aliphatic rings. The Balaban J connectivity index is 3.63. The fraction of sp³-hybridized carbons (Fsp3) is 1.00. The van der Waals surface area contributed by atoms with Gasteiger partial charge >= 0.3 is 0 Å². The molecule has 4 N–H and O–H groups in total. The molecule has 98 valence electrons. The molecule has 16 heavy (non-hydrogen) atoms. The molecule has 2 unspecified atom stereocenters. The molecule has 0 aliphatic carbocycles. The summed E-state index contributed by atoms with van der Waals surface area (Å²) in [5.41, 5.74) is -1.41. The molecule has 0 aromatic heterocycles. The van der Waals surface area contributed by atoms with Gasteiger partial charge in [-0.1, -0.05) is 0 Å². The first kappa shape index (κ1) is 15.8. The van der Waals surface area contributed by atoms with Crippen LogP contribution in [0.3, 0.4) is 0 Å². The normalized spacial score (nSPS) is 18.2. The van der Waals surface area contributed by atoms with Gasteiger partial charge in [0.2, 0.25) is 0 Å². The number of ether oxygens (including phenoxy) is 1. The molecule has 0 aliphatic heterocycles. The van der Waals surface area contributed by atoms with Gasteiger partial charge < -0.3 is 25.4 Å². The summed E-state index contributed by atoms with van der Waals surface area (Å²) in [4.78, 5) is 0. The van der Waals surface area contributed by atoms with Gasteiger partial charge in [0.05, 0.1) is 30.5 Å². The molecule has 0 aromatic rings. The van der Waals surface area contributed by atoms with Crippen molar-refractivity contribution in [3.05, 3.63) is 0 Å². The second kappa shape index (κ2) is 6.51. The Bertz CT molecular complexity index is 189. The fourth-order valence-corrected chi connectivity index (χ4v) is 0.969. The molecular weight excluding hydrogens is 210 g/mol. The highest BCUT2D eigenvalue weighted by atomic mass is 16.5. The molecule has 0 aromatic carbocycles. The van der Waals surface area contributed by atoms with Crippen molar-refractivity contribution >= 4 is 0 Å². The quantitative estimate of drug-likeness (QED) is 0.478. The van der Waals surface area contributed by atoms with E-state index in [1.165, 1.54) is 6.92 Å². The number of aliphatic hydroxyl groups is 3. The highest BCUT2D eigenvalue weighted by Gasteiger charge is 2.19. The minimum atomic E-state index is -1.15. The van der Waals surface area contributed by atoms with Gasteiger partial charge in [0.25, 0.3) is 0 Å². The van der Waals surface area contributed by atoms with Crippen LogP contribution in [0.1, 0.15) is 27.7 Å². The minimum Gasteiger partial charge on any atom is -0.393 e. The van der Waals surface area contributed by atoms with Gasteiger partial charge in [0.15, 0.2) is 0 Å². The first-order valence-corrected chi connectivity index (χ1v) is 5.52. The smallest absolute Gasteiger partial charge is 0.0972 e. The van der Waals surface area contributed by atoms with E-state index in [1.807, 2.05) is 20.8 Å². The monoisotopic (exact) mass is 235 g/mol. The van der Waals surface area contributed by atoms with Crippen LogP contribution in [0, 0.1) is 0 Å². The van der Waals surface area contributed by atoms with E-state index in [0.29, 0.717) is 6.54 Å². The fourth-order valence-electron chi connectivity index (χ4n) is 0.969. The first-order chi connectivity index (χ1) is 7.16. The minimum absolute atomic E-state index is 0.232. The number of hydrogen-bond donors (Lipinski definition) is 4. The van der Waals surface area contributed by atoms with Crippen molar-refractivity contribution in [1.29, 1.82) is 0 Å². The molecule has 0 saturated heterocycles. The molecular formula is C11H25NO4. The summed E-state index contributed by atoms with van der Waals surface area (Å²) in [7, 11) is 0. The zero-order valence-electron chi connectivity index (χ0n) is 10.7. The summed E-state index contributed by atoms with van der Waals surface area (Å²) in [6, 6.07) is 0. The molecule has 0 radical (unpaired) electrons. The van der Waals surface area contributed by atoms with Crippen molar-refractivity contribution in [2.24, 2.45) is 0 Å². The van der Waals surface area contributed by atoms with E-state index >= 15 is 0 Å². The van der Waals surface area contributed by atoms with Crippen LogP contribution in [0.25, 0.3) is 0 Å². The highest BCUT2D eigenvalue weighted by molar-refractivity contribution is 4.75. The lowest BCUT2D eigenvalue weighted by molar-refractivity contribution is -0.0503. The second-order valence-corrected chi connectivity index (χ2v) is 5.36. The lowest BCUT2D eigenvalue weighted by atomic mass is 10.1. The van der Waals surface area contributed by atoms with E-state index < -0.39 is 11.7 Å². The standard InChI is InChI=1S/C11H25NO4/c1-10(2,3)16-6-9(14)5-12-7-11(4,15)8-13/h9,12-15H,5-8H2,1-4H3. The Morgan fingerprint density at radius 1 is 1.25 bits per heavy atom. The van der Waals surface area contributed by atoms with Gasteiger partial charge in [-0.15, -0.1) is 0 Å². The van der Waals surface area contributed by atoms with Crippen LogP contribution in [0.2, 0.25) is 0 Å². The number of hydrogen-bond acceptors (Lipinski definition) is 5. The van der Waals surface area contributed by atoms with Gasteiger partial charge in [-0.2, -0.15) is 0 Å². The Morgan fingerprint density at radius 2 is 1.81 bits per heavy atom. The molecule has 5 nitrogen and oxygen atoms in total. The largest absolute Gasteiger partial charge is 0.393 e. The van der Waals surface area contributed by atoms with Crippen LogP contribution in [0.4, 0.5) is 0 Å². The van der Waals surface area contributed by atoms with Gasteiger partial charge in [0.1, 0.15) is 0 Å². The topological polar surface area (TPSA) is 82.0 Å². The van der Waals surface area contributed by atoms with Crippen molar-refractivity contribution in [1.82, 2.24) is 5.32 Å². The third kappa shape index (κ3) is 9.06. The zero-order chi connectivity index (χ0) is 12.8. The van der Waals surface area contributed by atoms with Crippen molar-refractivity contribution in [2.45, 2.75) is 45.0 Å². The predicted molar refractivity (Wildman–Crippen MR) is 62.3 cm³/mol. The van der Waals surface area contributed by atoms with E-state index in [4.69, 9.17) is 9.84 Å². The van der Waals surface area contributed by atoms with Crippen LogP contribution in [0.5, 0.6) is 0 Å². The average Bonchev–Trinajstić information content (AvgIpc) is 2.13. The molecule has 0 saturated carbocycles. The Morgan fingerprint density at radius 3 is 2.25 bits per heavy atom. The van der Waals surface area contributed by atoms with Gasteiger partial charge in [0, 0.05) is 13.1 Å². The van der Waals surface area contributed by atoms with E-state index in [9.17, 15) is 10.2 Å². The van der Waals surface area contributed by atoms with E-state index in [2.05, 4.69) is 5.32 Å². The van der Waals surface area contributed by atoms with Gasteiger partial charge in [-0.3, -0.25) is 0 Å². The lowest BCUT2D eigenvalue weighted by Crippen LogP contribution is -2.44. The Hall–Kier alpha value is -0.200. The van der Waals surface area contributed by atoms with Crippen LogP contribution in [-0.4, -0.2) is 58.9 Å². The van der Waals surface area contributed by atoms with Crippen molar-refractivity contribution in [3.8, 4) is 0 Å². The number of rotatable bonds is 7. The van der Waals surface area contributed by atoms with Crippen molar-refractivity contribution in [2.75, 3.05) is 26.3 Å². The summed E-state index contributed by atoms with van der Waals surface area (Å²) >= 11 is 0. The Kier molecular flexibility index (Phi) is 6.43. The van der Waals surface area contributed by atoms with Crippen LogP contribution in [-0.2, 0) is 4.74 Å². The maximum absolute atomic E-state index is 9.55. The summed E-state index contributed by atoms with van der Waals surface area (Å²) in [5.74, 6) is 0. The highest BCUT2D eigenvalue weighted by Crippen LogP contribution is 2.06. The van der Waals surface area contributed by atoms with E-state index in [0.717, 1.165) is 0 Å². The third-order valence-corrected chi connectivity index (χ3v) is 1.94. The van der Waals surface area contributed by atoms with Gasteiger partial charge in [-0.05, 0) is 27.7 Å². The van der Waals surface area contributed by atoms with Crippen molar-refractivity contribution in [3.63, 3.8) is 0 Å². The molecule has 5 heteroatoms. The maximum atomic E-state index is 9.55. The zero-order valence-corrected chi connectivity index (χ0v) is 10.7. The first-order valence-electron chi connectivity index (χ1n) is 5.52. The van der Waals surface area contributed by atoms with Crippen LogP contribution >= 0.6 is 0 Å². The molecule has 0 bridgehead atoms. The molecule has 2 atom stereocenters. The van der Waals surface area contributed by atoms with Crippen molar-refractivity contribution < 1.29 is 20.1 Å². The average molecular weight is 235 g/mol. The van der Waals surface area contributed by atoms with Gasteiger partial charge in [-0.25, -0.2) is 0 Å². The van der Waals surface area contributed by atoms with E-state index in [-0.39, 0.29) is 25.4 Å². The molecule has 0 rings (SSSR count). The molecule has 0 amide bonds. The van der Waals surface area contributed by atoms with E-state index in [1.54, 1.807) is 0 Å². The van der Waals surface area contributed by atoms with Crippen LogP contribution < -0.4 is 5.32 Å². The lowest BCUT2D eigenvalue weighted by Gasteiger charge is -2.24. The summed E-state index contributed by atoms with van der Waals surface area (Å²) in [6.45, 7) is 7.78. The SMILES string of the molecule is CC(O)(CO)CNCC(O)COC(C)(C)C. The number of aliphatic hydroxyl groups excluding tert-OH is 2. The number of nitrogens with one attached hydrogen (secondary N) is 1. The second-order valence-electron chi connectivity index (χ2n) is 5.36. The molecule has 0 fully saturated rings. The molecule has 0 heterocycles. The summed E-state index contributed by atoms with van der Waals surface area (Å²) < 4.78 is 5.40. The molecule has 0 spiro atoms. The third-order valence-electron chi connectivity index (χ3n) is 1.94. The Labute approximate surface area is 97.4 Å². The summed E-state index contributed by atoms with van der Waals surface area (Å²) in [5, 5.41) is 30.7. The van der Waals surface area contributed by atoms with Crippen LogP contribution in [0.15, 0.2) is 0 Å².